The highest BCUT2D eigenvalue weighted by Crippen LogP contribution is 2.48. The average Bonchev–Trinajstić information content (AvgIpc) is 3.58. The molecule has 0 amide bonds. The van der Waals surface area contributed by atoms with Crippen molar-refractivity contribution in [2.45, 2.75) is 50.5 Å². The van der Waals surface area contributed by atoms with Crippen molar-refractivity contribution >= 4 is 27.8 Å². The maximum atomic E-state index is 16.3. The van der Waals surface area contributed by atoms with E-state index in [2.05, 4.69) is 10.2 Å². The van der Waals surface area contributed by atoms with Gasteiger partial charge in [-0.1, -0.05) is 0 Å². The lowest BCUT2D eigenvalue weighted by atomic mass is 9.84. The Hall–Kier alpha value is -3.30. The summed E-state index contributed by atoms with van der Waals surface area (Å²) < 4.78 is 44.0. The highest BCUT2D eigenvalue weighted by molar-refractivity contribution is 6.00. The third-order valence-corrected chi connectivity index (χ3v) is 7.79. The lowest BCUT2D eigenvalue weighted by Gasteiger charge is -2.27. The van der Waals surface area contributed by atoms with Gasteiger partial charge in [0.1, 0.15) is 11.3 Å². The summed E-state index contributed by atoms with van der Waals surface area (Å²) >= 11 is 0. The van der Waals surface area contributed by atoms with Crippen LogP contribution in [-0.2, 0) is 14.3 Å². The van der Waals surface area contributed by atoms with Gasteiger partial charge < -0.3 is 19.1 Å². The first-order valence-corrected chi connectivity index (χ1v) is 12.2. The number of hydrogen-bond donors (Lipinski definition) is 2. The molecule has 2 aliphatic heterocycles. The van der Waals surface area contributed by atoms with E-state index in [4.69, 9.17) is 9.47 Å². The molecule has 36 heavy (non-hydrogen) atoms. The fourth-order valence-corrected chi connectivity index (χ4v) is 5.89. The molecule has 0 bridgehead atoms. The number of carboxylic acids is 1. The molecule has 2 N–H and O–H groups in total. The first-order chi connectivity index (χ1) is 17.3. The molecule has 2 aliphatic rings. The molecule has 6 rings (SSSR count). The molecule has 2 saturated heterocycles. The zero-order valence-electron chi connectivity index (χ0n) is 20.1. The van der Waals surface area contributed by atoms with E-state index < -0.39 is 17.4 Å². The Kier molecular flexibility index (Phi) is 5.38. The summed E-state index contributed by atoms with van der Waals surface area (Å²) in [6, 6.07) is 6.80. The van der Waals surface area contributed by atoms with Gasteiger partial charge >= 0.3 is 5.97 Å². The molecule has 4 aromatic rings. The van der Waals surface area contributed by atoms with Gasteiger partial charge in [0.15, 0.2) is 11.4 Å². The summed E-state index contributed by atoms with van der Waals surface area (Å²) in [6.45, 7) is 4.60. The van der Waals surface area contributed by atoms with E-state index in [1.165, 1.54) is 6.07 Å². The van der Waals surface area contributed by atoms with Crippen LogP contribution in [0.2, 0.25) is 0 Å². The van der Waals surface area contributed by atoms with E-state index in [-0.39, 0.29) is 30.7 Å². The van der Waals surface area contributed by atoms with E-state index in [0.717, 1.165) is 29.8 Å². The van der Waals surface area contributed by atoms with Crippen LogP contribution in [-0.4, -0.2) is 51.3 Å². The van der Waals surface area contributed by atoms with E-state index in [1.54, 1.807) is 32.2 Å². The molecule has 2 aromatic carbocycles. The molecule has 2 fully saturated rings. The van der Waals surface area contributed by atoms with Gasteiger partial charge in [0, 0.05) is 47.2 Å². The van der Waals surface area contributed by atoms with E-state index in [1.807, 2.05) is 10.6 Å². The van der Waals surface area contributed by atoms with E-state index in [0.29, 0.717) is 40.6 Å². The second-order valence-corrected chi connectivity index (χ2v) is 10.1. The number of carboxylic acid groups (broad SMARTS) is 1. The van der Waals surface area contributed by atoms with Crippen molar-refractivity contribution in [3.63, 3.8) is 0 Å². The first-order valence-electron chi connectivity index (χ1n) is 12.2. The zero-order chi connectivity index (χ0) is 25.2. The summed E-state index contributed by atoms with van der Waals surface area (Å²) in [5.74, 6) is -2.05. The minimum Gasteiger partial charge on any atom is -0.479 e. The fraction of sp³-hybridized carbons (Fsp3) is 0.407. The molecule has 0 aliphatic carbocycles. The second-order valence-electron chi connectivity index (χ2n) is 10.1. The molecule has 2 atom stereocenters. The van der Waals surface area contributed by atoms with Crippen molar-refractivity contribution in [1.29, 1.82) is 0 Å². The highest BCUT2D eigenvalue weighted by atomic mass is 19.1. The lowest BCUT2D eigenvalue weighted by Crippen LogP contribution is -2.34. The zero-order valence-corrected chi connectivity index (χ0v) is 20.1. The van der Waals surface area contributed by atoms with Gasteiger partial charge in [-0.25, -0.2) is 13.6 Å². The van der Waals surface area contributed by atoms with Gasteiger partial charge in [0.25, 0.3) is 0 Å². The number of aliphatic carboxylic acids is 1. The number of H-pyrrole nitrogens is 1. The number of benzene rings is 2. The summed E-state index contributed by atoms with van der Waals surface area (Å²) in [5, 5.41) is 17.7. The Labute approximate surface area is 206 Å². The monoisotopic (exact) mass is 495 g/mol. The van der Waals surface area contributed by atoms with Gasteiger partial charge in [0.2, 0.25) is 0 Å². The largest absolute Gasteiger partial charge is 0.479 e. The molecule has 0 saturated carbocycles. The Morgan fingerprint density at radius 2 is 2.00 bits per heavy atom. The predicted molar refractivity (Wildman–Crippen MR) is 130 cm³/mol. The number of fused-ring (bicyclic) bond motifs is 2. The minimum atomic E-state index is -1.35. The third kappa shape index (κ3) is 3.44. The molecule has 0 spiro atoms. The predicted octanol–water partition coefficient (Wildman–Crippen LogP) is 5.33. The van der Waals surface area contributed by atoms with Gasteiger partial charge in [-0.05, 0) is 68.5 Å². The number of aromatic amines is 1. The van der Waals surface area contributed by atoms with Crippen molar-refractivity contribution in [3.05, 3.63) is 58.9 Å². The number of hydrogen-bond acceptors (Lipinski definition) is 4. The van der Waals surface area contributed by atoms with Crippen LogP contribution < -0.4 is 0 Å². The Morgan fingerprint density at radius 3 is 2.69 bits per heavy atom. The number of rotatable bonds is 4. The molecule has 9 heteroatoms. The summed E-state index contributed by atoms with van der Waals surface area (Å²) in [7, 11) is 0. The molecule has 0 radical (unpaired) electrons. The average molecular weight is 496 g/mol. The number of ether oxygens (including phenoxy) is 2. The van der Waals surface area contributed by atoms with Gasteiger partial charge in [-0.3, -0.25) is 5.10 Å². The lowest BCUT2D eigenvalue weighted by molar-refractivity contribution is -0.157. The van der Waals surface area contributed by atoms with Crippen LogP contribution in [0, 0.1) is 18.6 Å². The summed E-state index contributed by atoms with van der Waals surface area (Å²) in [6.07, 6.45) is 3.29. The van der Waals surface area contributed by atoms with Crippen LogP contribution in [0.5, 0.6) is 0 Å². The number of aryl methyl sites for hydroxylation is 1. The van der Waals surface area contributed by atoms with Crippen molar-refractivity contribution in [2.24, 2.45) is 0 Å². The number of aromatic nitrogens is 3. The Bertz CT molecular complexity index is 1500. The van der Waals surface area contributed by atoms with Crippen molar-refractivity contribution in [3.8, 4) is 5.69 Å². The highest BCUT2D eigenvalue weighted by Gasteiger charge is 2.46. The summed E-state index contributed by atoms with van der Waals surface area (Å²) in [5.41, 5.74) is 2.49. The molecule has 0 unspecified atom stereocenters. The minimum absolute atomic E-state index is 0.0547. The first kappa shape index (κ1) is 23.1. The number of nitrogens with one attached hydrogen (secondary N) is 1. The number of carbonyl (C=O) groups is 1. The number of nitrogens with zero attached hydrogens (tertiary/aromatic N) is 2. The molecule has 4 heterocycles. The third-order valence-electron chi connectivity index (χ3n) is 7.79. The molecule has 188 valence electrons. The van der Waals surface area contributed by atoms with Crippen LogP contribution in [0.25, 0.3) is 27.5 Å². The maximum absolute atomic E-state index is 16.3. The molecule has 7 nitrogen and oxygen atoms in total. The van der Waals surface area contributed by atoms with Crippen molar-refractivity contribution in [1.82, 2.24) is 14.8 Å². The Morgan fingerprint density at radius 1 is 1.22 bits per heavy atom. The Balaban J connectivity index is 1.70. The smallest absolute Gasteiger partial charge is 0.335 e. The molecular formula is C27H27F2N3O4. The molecular weight excluding hydrogens is 468 g/mol. The van der Waals surface area contributed by atoms with Crippen LogP contribution in [0.1, 0.15) is 54.8 Å². The fourth-order valence-electron chi connectivity index (χ4n) is 5.89. The standard InChI is InChI=1S/C27H27F2N3O4/c1-14-9-18(3-4-19(14)28)32-20-10-16-12-30-31-24(16)23(29)22(20)21(25(32)15-5-7-35-8-6-15)17-11-27(2,26(33)34)36-13-17/h3-4,9-10,12,15,17H,5-8,11,13H2,1-2H3,(H,30,31)(H,33,34)/t17-,27+/m0/s1. The van der Waals surface area contributed by atoms with Gasteiger partial charge in [-0.2, -0.15) is 5.10 Å². The van der Waals surface area contributed by atoms with Crippen LogP contribution in [0.4, 0.5) is 8.78 Å². The van der Waals surface area contributed by atoms with Gasteiger partial charge in [-0.15, -0.1) is 0 Å². The SMILES string of the molecule is Cc1cc(-n2c(C3CCOCC3)c([C@@H]3CO[C@@](C)(C(=O)O)C3)c3c(F)c4[nH]ncc4cc32)ccc1F. The normalized spacial score (nSPS) is 23.2. The summed E-state index contributed by atoms with van der Waals surface area (Å²) in [4.78, 5) is 12.0. The van der Waals surface area contributed by atoms with Crippen LogP contribution >= 0.6 is 0 Å². The van der Waals surface area contributed by atoms with Crippen molar-refractivity contribution in [2.75, 3.05) is 19.8 Å². The quantitative estimate of drug-likeness (QED) is 0.399. The van der Waals surface area contributed by atoms with E-state index in [9.17, 15) is 14.3 Å². The number of halogens is 2. The maximum Gasteiger partial charge on any atom is 0.335 e. The molecule has 2 aromatic heterocycles. The van der Waals surface area contributed by atoms with E-state index >= 15 is 4.39 Å². The van der Waals surface area contributed by atoms with Gasteiger partial charge in [0.05, 0.1) is 18.3 Å². The van der Waals surface area contributed by atoms with Crippen molar-refractivity contribution < 1.29 is 28.2 Å². The topological polar surface area (TPSA) is 89.4 Å². The second kappa shape index (κ2) is 8.38. The van der Waals surface area contributed by atoms with Crippen LogP contribution in [0.15, 0.2) is 30.5 Å². The van der Waals surface area contributed by atoms with Crippen LogP contribution in [0.3, 0.4) is 0 Å².